The molecule has 0 heterocycles. The van der Waals surface area contributed by atoms with Gasteiger partial charge in [-0.2, -0.15) is 5.26 Å². The number of nitrogens with two attached hydrogens (primary N) is 1. The molecule has 0 radical (unpaired) electrons. The van der Waals surface area contributed by atoms with Crippen molar-refractivity contribution >= 4 is 11.6 Å². The van der Waals surface area contributed by atoms with Gasteiger partial charge in [0.05, 0.1) is 11.6 Å². The highest BCUT2D eigenvalue weighted by Crippen LogP contribution is 2.20. The van der Waals surface area contributed by atoms with Crippen molar-refractivity contribution in [3.63, 3.8) is 0 Å². The molecule has 16 heavy (non-hydrogen) atoms. The van der Waals surface area contributed by atoms with Crippen LogP contribution < -0.4 is 11.1 Å². The quantitative estimate of drug-likeness (QED) is 0.805. The van der Waals surface area contributed by atoms with Gasteiger partial charge in [0.15, 0.2) is 11.6 Å². The highest BCUT2D eigenvalue weighted by molar-refractivity contribution is 5.74. The number of amides is 1. The van der Waals surface area contributed by atoms with Gasteiger partial charge in [0.1, 0.15) is 5.69 Å². The van der Waals surface area contributed by atoms with Crippen LogP contribution in [0.25, 0.3) is 0 Å². The number of nitriles is 1. The largest absolute Gasteiger partial charge is 0.380 e. The van der Waals surface area contributed by atoms with Crippen LogP contribution in [0.4, 0.5) is 14.5 Å². The summed E-state index contributed by atoms with van der Waals surface area (Å²) >= 11 is 0. The molecule has 84 valence electrons. The number of carbonyl (C=O) groups excluding carboxylic acids is 1. The standard InChI is InChI=1S/C10H9F2N3O/c11-7-3-6(5-13)4-8(12)10(7)15-2-1-9(14)16/h3-4,15H,1-2H2,(H2,14,16). The maximum atomic E-state index is 13.3. The van der Waals surface area contributed by atoms with Crippen LogP contribution >= 0.6 is 0 Å². The van der Waals surface area contributed by atoms with Crippen LogP contribution in [-0.2, 0) is 4.79 Å². The summed E-state index contributed by atoms with van der Waals surface area (Å²) in [4.78, 5) is 10.4. The van der Waals surface area contributed by atoms with Crippen molar-refractivity contribution in [2.45, 2.75) is 6.42 Å². The molecular formula is C10H9F2N3O. The molecule has 1 rings (SSSR count). The molecule has 0 unspecified atom stereocenters. The summed E-state index contributed by atoms with van der Waals surface area (Å²) in [6.45, 7) is 0.0368. The van der Waals surface area contributed by atoms with Crippen LogP contribution in [0.3, 0.4) is 0 Å². The molecule has 0 aliphatic carbocycles. The van der Waals surface area contributed by atoms with E-state index < -0.39 is 17.5 Å². The number of carbonyl (C=O) groups is 1. The Morgan fingerprint density at radius 1 is 1.44 bits per heavy atom. The van der Waals surface area contributed by atoms with Gasteiger partial charge in [0.25, 0.3) is 0 Å². The van der Waals surface area contributed by atoms with Gasteiger partial charge in [-0.25, -0.2) is 8.78 Å². The summed E-state index contributed by atoms with van der Waals surface area (Å²) in [5, 5.41) is 10.9. The van der Waals surface area contributed by atoms with Crippen LogP contribution in [0.5, 0.6) is 0 Å². The summed E-state index contributed by atoms with van der Waals surface area (Å²) in [7, 11) is 0. The van der Waals surface area contributed by atoms with Crippen LogP contribution in [0.1, 0.15) is 12.0 Å². The first-order chi connectivity index (χ1) is 7.54. The summed E-state index contributed by atoms with van der Waals surface area (Å²) in [6, 6.07) is 3.45. The third kappa shape index (κ3) is 2.92. The van der Waals surface area contributed by atoms with E-state index in [9.17, 15) is 13.6 Å². The Bertz CT molecular complexity index is 431. The second-order valence-electron chi connectivity index (χ2n) is 3.07. The third-order valence-electron chi connectivity index (χ3n) is 1.84. The monoisotopic (exact) mass is 225 g/mol. The van der Waals surface area contributed by atoms with E-state index >= 15 is 0 Å². The molecule has 6 heteroatoms. The number of anilines is 1. The van der Waals surface area contributed by atoms with E-state index in [0.29, 0.717) is 0 Å². The van der Waals surface area contributed by atoms with Crippen molar-refractivity contribution in [2.75, 3.05) is 11.9 Å². The van der Waals surface area contributed by atoms with E-state index in [2.05, 4.69) is 5.32 Å². The lowest BCUT2D eigenvalue weighted by Crippen LogP contribution is -2.16. The van der Waals surface area contributed by atoms with Gasteiger partial charge >= 0.3 is 0 Å². The van der Waals surface area contributed by atoms with E-state index in [4.69, 9.17) is 11.0 Å². The molecule has 1 aromatic carbocycles. The molecule has 1 aromatic rings. The molecular weight excluding hydrogens is 216 g/mol. The Morgan fingerprint density at radius 3 is 2.44 bits per heavy atom. The van der Waals surface area contributed by atoms with Crippen molar-refractivity contribution in [3.8, 4) is 6.07 Å². The van der Waals surface area contributed by atoms with Gasteiger partial charge in [0.2, 0.25) is 5.91 Å². The zero-order valence-electron chi connectivity index (χ0n) is 8.26. The lowest BCUT2D eigenvalue weighted by Gasteiger charge is -2.07. The van der Waals surface area contributed by atoms with Crippen molar-refractivity contribution < 1.29 is 13.6 Å². The van der Waals surface area contributed by atoms with E-state index in [1.807, 2.05) is 0 Å². The van der Waals surface area contributed by atoms with Gasteiger partial charge < -0.3 is 11.1 Å². The minimum Gasteiger partial charge on any atom is -0.380 e. The van der Waals surface area contributed by atoms with Gasteiger partial charge in [0, 0.05) is 13.0 Å². The zero-order valence-corrected chi connectivity index (χ0v) is 8.26. The average molecular weight is 225 g/mol. The number of halogens is 2. The lowest BCUT2D eigenvalue weighted by molar-refractivity contribution is -0.117. The number of hydrogen-bond donors (Lipinski definition) is 2. The smallest absolute Gasteiger partial charge is 0.219 e. The Kier molecular flexibility index (Phi) is 3.78. The molecule has 0 saturated heterocycles. The van der Waals surface area contributed by atoms with Gasteiger partial charge in [-0.3, -0.25) is 4.79 Å². The first-order valence-electron chi connectivity index (χ1n) is 4.46. The van der Waals surface area contributed by atoms with Crippen LogP contribution in [0.15, 0.2) is 12.1 Å². The van der Waals surface area contributed by atoms with Crippen molar-refractivity contribution in [3.05, 3.63) is 29.3 Å². The van der Waals surface area contributed by atoms with Crippen LogP contribution in [-0.4, -0.2) is 12.5 Å². The highest BCUT2D eigenvalue weighted by atomic mass is 19.1. The van der Waals surface area contributed by atoms with Gasteiger partial charge in [-0.05, 0) is 12.1 Å². The number of rotatable bonds is 4. The normalized spacial score (nSPS) is 9.56. The lowest BCUT2D eigenvalue weighted by atomic mass is 10.2. The molecule has 0 spiro atoms. The number of primary amides is 1. The number of nitrogens with zero attached hydrogens (tertiary/aromatic N) is 1. The minimum atomic E-state index is -0.874. The maximum Gasteiger partial charge on any atom is 0.219 e. The summed E-state index contributed by atoms with van der Waals surface area (Å²) < 4.78 is 26.5. The van der Waals surface area contributed by atoms with Crippen molar-refractivity contribution in [1.29, 1.82) is 5.26 Å². The summed E-state index contributed by atoms with van der Waals surface area (Å²) in [5.41, 5.74) is 4.41. The Hall–Kier alpha value is -2.16. The Balaban J connectivity index is 2.81. The fraction of sp³-hybridized carbons (Fsp3) is 0.200. The average Bonchev–Trinajstić information content (AvgIpc) is 2.21. The molecule has 3 N–H and O–H groups in total. The number of benzene rings is 1. The topological polar surface area (TPSA) is 78.9 Å². The first-order valence-corrected chi connectivity index (χ1v) is 4.46. The van der Waals surface area contributed by atoms with Crippen molar-refractivity contribution in [1.82, 2.24) is 0 Å². The fourth-order valence-corrected chi connectivity index (χ4v) is 1.12. The third-order valence-corrected chi connectivity index (χ3v) is 1.84. The second kappa shape index (κ2) is 5.07. The van der Waals surface area contributed by atoms with Crippen LogP contribution in [0.2, 0.25) is 0 Å². The molecule has 0 aromatic heterocycles. The predicted molar refractivity (Wildman–Crippen MR) is 53.4 cm³/mol. The molecule has 0 aliphatic rings. The van der Waals surface area contributed by atoms with E-state index in [1.165, 1.54) is 0 Å². The second-order valence-corrected chi connectivity index (χ2v) is 3.07. The molecule has 4 nitrogen and oxygen atoms in total. The molecule has 0 fully saturated rings. The molecule has 0 aliphatic heterocycles. The summed E-state index contributed by atoms with van der Waals surface area (Å²) in [6.07, 6.45) is -0.0289. The minimum absolute atomic E-state index is 0.0289. The van der Waals surface area contributed by atoms with Gasteiger partial charge in [-0.15, -0.1) is 0 Å². The van der Waals surface area contributed by atoms with E-state index in [1.54, 1.807) is 6.07 Å². The SMILES string of the molecule is N#Cc1cc(F)c(NCCC(N)=O)c(F)c1. The number of nitrogens with one attached hydrogen (secondary N) is 1. The predicted octanol–water partition coefficient (Wildman–Crippen LogP) is 1.12. The molecule has 0 atom stereocenters. The fourth-order valence-electron chi connectivity index (χ4n) is 1.12. The van der Waals surface area contributed by atoms with Gasteiger partial charge in [-0.1, -0.05) is 0 Å². The van der Waals surface area contributed by atoms with Crippen molar-refractivity contribution in [2.24, 2.45) is 5.73 Å². The highest BCUT2D eigenvalue weighted by Gasteiger charge is 2.10. The maximum absolute atomic E-state index is 13.3. The van der Waals surface area contributed by atoms with Crippen LogP contribution in [0, 0.1) is 23.0 Å². The molecule has 0 bridgehead atoms. The van der Waals surface area contributed by atoms with E-state index in [0.717, 1.165) is 12.1 Å². The molecule has 1 amide bonds. The first kappa shape index (κ1) is 11.9. The Morgan fingerprint density at radius 2 is 2.00 bits per heavy atom. The zero-order chi connectivity index (χ0) is 12.1. The summed E-state index contributed by atoms with van der Waals surface area (Å²) in [5.74, 6) is -2.32. The Labute approximate surface area is 90.7 Å². The number of hydrogen-bond acceptors (Lipinski definition) is 3. The molecule has 0 saturated carbocycles. The van der Waals surface area contributed by atoms with E-state index in [-0.39, 0.29) is 24.2 Å².